The van der Waals surface area contributed by atoms with Crippen LogP contribution in [0.1, 0.15) is 5.56 Å². The van der Waals surface area contributed by atoms with Crippen molar-refractivity contribution in [2.24, 2.45) is 0 Å². The fraction of sp³-hybridized carbons (Fsp3) is 0.0769. The predicted octanol–water partition coefficient (Wildman–Crippen LogP) is 5.51. The van der Waals surface area contributed by atoms with E-state index in [2.05, 4.69) is 21.2 Å². The lowest BCUT2D eigenvalue weighted by Crippen LogP contribution is -2.01. The summed E-state index contributed by atoms with van der Waals surface area (Å²) in [4.78, 5) is 0. The lowest BCUT2D eigenvalue weighted by molar-refractivity contribution is 0.630. The second-order valence-electron chi connectivity index (χ2n) is 3.70. The van der Waals surface area contributed by atoms with Gasteiger partial charge in [-0.05, 0) is 45.8 Å². The summed E-state index contributed by atoms with van der Waals surface area (Å²) in [5.41, 5.74) is 1.37. The lowest BCUT2D eigenvalue weighted by Gasteiger charge is -2.09. The van der Waals surface area contributed by atoms with Crippen LogP contribution in [0.15, 0.2) is 40.9 Å². The fourth-order valence-corrected chi connectivity index (χ4v) is 2.21. The van der Waals surface area contributed by atoms with Crippen LogP contribution in [-0.4, -0.2) is 0 Å². The Hall–Kier alpha value is -0.770. The first-order valence-corrected chi connectivity index (χ1v) is 6.74. The smallest absolute Gasteiger partial charge is 0.164 e. The molecule has 0 fully saturated rings. The van der Waals surface area contributed by atoms with E-state index in [9.17, 15) is 4.39 Å². The molecule has 5 heteroatoms. The normalized spacial score (nSPS) is 10.4. The Balaban J connectivity index is 2.11. The molecule has 1 nitrogen and oxygen atoms in total. The number of rotatable bonds is 3. The molecule has 0 atom stereocenters. The van der Waals surface area contributed by atoms with E-state index in [1.165, 1.54) is 6.07 Å². The van der Waals surface area contributed by atoms with E-state index >= 15 is 0 Å². The molecule has 2 rings (SSSR count). The Morgan fingerprint density at radius 1 is 1.11 bits per heavy atom. The number of benzene rings is 2. The molecule has 0 spiro atoms. The molecule has 2 aromatic rings. The van der Waals surface area contributed by atoms with Crippen LogP contribution in [0.3, 0.4) is 0 Å². The molecule has 1 N–H and O–H groups in total. The maximum atomic E-state index is 13.6. The molecule has 0 aromatic heterocycles. The average Bonchev–Trinajstić information content (AvgIpc) is 2.35. The molecule has 0 bridgehead atoms. The van der Waals surface area contributed by atoms with E-state index in [0.717, 1.165) is 10.0 Å². The van der Waals surface area contributed by atoms with E-state index in [1.807, 2.05) is 12.1 Å². The summed E-state index contributed by atoms with van der Waals surface area (Å²) < 4.78 is 14.4. The van der Waals surface area contributed by atoms with Gasteiger partial charge >= 0.3 is 0 Å². The van der Waals surface area contributed by atoms with Crippen molar-refractivity contribution in [2.75, 3.05) is 5.32 Å². The summed E-state index contributed by atoms with van der Waals surface area (Å²) >= 11 is 14.9. The summed E-state index contributed by atoms with van der Waals surface area (Å²) in [5.74, 6) is -0.438. The molecule has 0 amide bonds. The van der Waals surface area contributed by atoms with Crippen LogP contribution in [0.25, 0.3) is 0 Å². The molecule has 0 saturated carbocycles. The minimum atomic E-state index is -0.438. The Morgan fingerprint density at radius 2 is 1.89 bits per heavy atom. The van der Waals surface area contributed by atoms with E-state index in [-0.39, 0.29) is 5.02 Å². The number of anilines is 1. The fourth-order valence-electron chi connectivity index (χ4n) is 1.49. The van der Waals surface area contributed by atoms with Crippen LogP contribution in [0.5, 0.6) is 0 Å². The quantitative estimate of drug-likeness (QED) is 0.771. The van der Waals surface area contributed by atoms with Gasteiger partial charge in [-0.1, -0.05) is 35.3 Å². The molecular formula is C13H9BrCl2FN. The van der Waals surface area contributed by atoms with E-state index in [4.69, 9.17) is 23.2 Å². The van der Waals surface area contributed by atoms with Crippen molar-refractivity contribution in [3.05, 3.63) is 62.3 Å². The van der Waals surface area contributed by atoms with Crippen molar-refractivity contribution in [3.63, 3.8) is 0 Å². The minimum Gasteiger partial charge on any atom is -0.379 e. The Morgan fingerprint density at radius 3 is 2.61 bits per heavy atom. The van der Waals surface area contributed by atoms with Crippen LogP contribution in [0, 0.1) is 5.82 Å². The number of hydrogen-bond donors (Lipinski definition) is 1. The first kappa shape index (κ1) is 13.7. The van der Waals surface area contributed by atoms with Crippen LogP contribution >= 0.6 is 39.1 Å². The Kier molecular flexibility index (Phi) is 4.49. The first-order valence-electron chi connectivity index (χ1n) is 5.20. The number of halogens is 4. The van der Waals surface area contributed by atoms with Crippen LogP contribution < -0.4 is 5.32 Å². The Bertz CT molecular complexity index is 575. The zero-order chi connectivity index (χ0) is 13.1. The van der Waals surface area contributed by atoms with Gasteiger partial charge in [0.2, 0.25) is 0 Å². The van der Waals surface area contributed by atoms with Gasteiger partial charge in [0.15, 0.2) is 5.82 Å². The van der Waals surface area contributed by atoms with Gasteiger partial charge in [-0.15, -0.1) is 0 Å². The van der Waals surface area contributed by atoms with Crippen molar-refractivity contribution in [1.82, 2.24) is 0 Å². The van der Waals surface area contributed by atoms with Gasteiger partial charge in [0, 0.05) is 11.0 Å². The first-order chi connectivity index (χ1) is 8.58. The predicted molar refractivity (Wildman–Crippen MR) is 77.9 cm³/mol. The van der Waals surface area contributed by atoms with Crippen LogP contribution in [0.2, 0.25) is 10.0 Å². The molecule has 0 saturated heterocycles. The molecular weight excluding hydrogens is 340 g/mol. The van der Waals surface area contributed by atoms with Gasteiger partial charge in [-0.25, -0.2) is 4.39 Å². The van der Waals surface area contributed by atoms with Crippen molar-refractivity contribution < 1.29 is 4.39 Å². The molecule has 0 unspecified atom stereocenters. The molecule has 0 heterocycles. The minimum absolute atomic E-state index is 0.109. The monoisotopic (exact) mass is 347 g/mol. The zero-order valence-corrected chi connectivity index (χ0v) is 12.3. The van der Waals surface area contributed by atoms with Gasteiger partial charge in [0.25, 0.3) is 0 Å². The standard InChI is InChI=1S/C13H9BrCl2FN/c14-9-6-8(4-5-10(9)15)7-18-12-3-1-2-11(16)13(12)17/h1-6,18H,7H2. The summed E-state index contributed by atoms with van der Waals surface area (Å²) in [6.07, 6.45) is 0. The largest absolute Gasteiger partial charge is 0.379 e. The molecule has 0 aliphatic rings. The number of hydrogen-bond acceptors (Lipinski definition) is 1. The van der Waals surface area contributed by atoms with Gasteiger partial charge in [0.1, 0.15) is 0 Å². The highest BCUT2D eigenvalue weighted by Crippen LogP contribution is 2.25. The molecule has 0 aliphatic heterocycles. The lowest BCUT2D eigenvalue weighted by atomic mass is 10.2. The van der Waals surface area contributed by atoms with Crippen molar-refractivity contribution in [3.8, 4) is 0 Å². The second kappa shape index (κ2) is 5.91. The summed E-state index contributed by atoms with van der Waals surface area (Å²) in [7, 11) is 0. The molecule has 18 heavy (non-hydrogen) atoms. The topological polar surface area (TPSA) is 12.0 Å². The average molecular weight is 349 g/mol. The van der Waals surface area contributed by atoms with E-state index in [1.54, 1.807) is 18.2 Å². The van der Waals surface area contributed by atoms with Crippen molar-refractivity contribution >= 4 is 44.8 Å². The summed E-state index contributed by atoms with van der Waals surface area (Å²) in [6, 6.07) is 10.4. The SMILES string of the molecule is Fc1c(Cl)cccc1NCc1ccc(Cl)c(Br)c1. The van der Waals surface area contributed by atoms with Crippen molar-refractivity contribution in [2.45, 2.75) is 6.54 Å². The summed E-state index contributed by atoms with van der Waals surface area (Å²) in [5, 5.41) is 3.75. The molecule has 0 aliphatic carbocycles. The molecule has 94 valence electrons. The van der Waals surface area contributed by atoms with Gasteiger partial charge in [-0.3, -0.25) is 0 Å². The molecule has 0 radical (unpaired) electrons. The van der Waals surface area contributed by atoms with E-state index < -0.39 is 5.82 Å². The van der Waals surface area contributed by atoms with Crippen LogP contribution in [-0.2, 0) is 6.54 Å². The van der Waals surface area contributed by atoms with Gasteiger partial charge < -0.3 is 5.32 Å². The molecule has 2 aromatic carbocycles. The second-order valence-corrected chi connectivity index (χ2v) is 5.37. The maximum absolute atomic E-state index is 13.6. The zero-order valence-electron chi connectivity index (χ0n) is 9.18. The van der Waals surface area contributed by atoms with Gasteiger partial charge in [0.05, 0.1) is 15.7 Å². The van der Waals surface area contributed by atoms with Gasteiger partial charge in [-0.2, -0.15) is 0 Å². The van der Waals surface area contributed by atoms with E-state index in [0.29, 0.717) is 17.3 Å². The third-order valence-electron chi connectivity index (χ3n) is 2.42. The summed E-state index contributed by atoms with van der Waals surface area (Å²) in [6.45, 7) is 0.493. The third-order valence-corrected chi connectivity index (χ3v) is 3.92. The van der Waals surface area contributed by atoms with Crippen molar-refractivity contribution in [1.29, 1.82) is 0 Å². The van der Waals surface area contributed by atoms with Crippen LogP contribution in [0.4, 0.5) is 10.1 Å². The highest BCUT2D eigenvalue weighted by molar-refractivity contribution is 9.10. The Labute approximate surface area is 123 Å². The number of nitrogens with one attached hydrogen (secondary N) is 1. The maximum Gasteiger partial charge on any atom is 0.164 e. The highest BCUT2D eigenvalue weighted by Gasteiger charge is 2.06. The third kappa shape index (κ3) is 3.16. The highest BCUT2D eigenvalue weighted by atomic mass is 79.9.